The average Bonchev–Trinajstić information content (AvgIpc) is 3.13. The highest BCUT2D eigenvalue weighted by Gasteiger charge is 2.30. The van der Waals surface area contributed by atoms with Crippen LogP contribution in [0.2, 0.25) is 0 Å². The zero-order valence-electron chi connectivity index (χ0n) is 14.7. The second-order valence-electron chi connectivity index (χ2n) is 6.60. The summed E-state index contributed by atoms with van der Waals surface area (Å²) in [5.74, 6) is 1.10. The van der Waals surface area contributed by atoms with Gasteiger partial charge in [-0.1, -0.05) is 19.0 Å². The molecule has 1 atom stereocenters. The van der Waals surface area contributed by atoms with Crippen molar-refractivity contribution in [2.24, 2.45) is 5.92 Å². The second-order valence-corrected chi connectivity index (χ2v) is 6.60. The zero-order valence-corrected chi connectivity index (χ0v) is 14.7. The molecule has 0 bridgehead atoms. The number of likely N-dealkylation sites (tertiary alicyclic amines) is 1. The van der Waals surface area contributed by atoms with Gasteiger partial charge in [0.25, 0.3) is 0 Å². The highest BCUT2D eigenvalue weighted by Crippen LogP contribution is 2.29. The van der Waals surface area contributed by atoms with Gasteiger partial charge < -0.3 is 9.42 Å². The van der Waals surface area contributed by atoms with E-state index in [-0.39, 0.29) is 23.6 Å². The van der Waals surface area contributed by atoms with E-state index >= 15 is 0 Å². The molecule has 134 valence electrons. The van der Waals surface area contributed by atoms with Crippen LogP contribution in [-0.2, 0) is 4.79 Å². The van der Waals surface area contributed by atoms with Crippen LogP contribution in [0.5, 0.6) is 0 Å². The number of hydrogen-bond donors (Lipinski definition) is 0. The van der Waals surface area contributed by atoms with Gasteiger partial charge in [0.15, 0.2) is 0 Å². The molecule has 1 amide bonds. The number of benzene rings is 1. The highest BCUT2D eigenvalue weighted by molar-refractivity contribution is 5.78. The van der Waals surface area contributed by atoms with Crippen molar-refractivity contribution in [3.05, 3.63) is 36.0 Å². The van der Waals surface area contributed by atoms with Gasteiger partial charge in [-0.3, -0.25) is 4.79 Å². The van der Waals surface area contributed by atoms with Crippen molar-refractivity contribution in [2.45, 2.75) is 45.4 Å². The van der Waals surface area contributed by atoms with Crippen molar-refractivity contribution < 1.29 is 13.7 Å². The van der Waals surface area contributed by atoms with Crippen molar-refractivity contribution in [3.8, 4) is 11.4 Å². The average molecular weight is 345 g/mol. The van der Waals surface area contributed by atoms with Crippen LogP contribution in [0.4, 0.5) is 4.39 Å². The van der Waals surface area contributed by atoms with Gasteiger partial charge in [-0.2, -0.15) is 4.98 Å². The summed E-state index contributed by atoms with van der Waals surface area (Å²) in [5.41, 5.74) is 0.720. The maximum Gasteiger partial charge on any atom is 0.231 e. The first kappa shape index (κ1) is 17.6. The molecule has 5 nitrogen and oxygen atoms in total. The number of piperidine rings is 1. The molecule has 0 N–H and O–H groups in total. The lowest BCUT2D eigenvalue weighted by atomic mass is 9.95. The lowest BCUT2D eigenvalue weighted by Gasteiger charge is -2.33. The minimum atomic E-state index is -0.296. The standard InChI is InChI=1S/C19H24FN3O2/c1-3-13(4-2)19(24)23-11-5-6-15(12-23)18-21-17(22-25-18)14-7-9-16(20)10-8-14/h7-10,13,15H,3-6,11-12H2,1-2H3/t15-/m1/s1. The summed E-state index contributed by atoms with van der Waals surface area (Å²) in [5, 5.41) is 4.02. The highest BCUT2D eigenvalue weighted by atomic mass is 19.1. The summed E-state index contributed by atoms with van der Waals surface area (Å²) in [7, 11) is 0. The van der Waals surface area contributed by atoms with Gasteiger partial charge in [0.2, 0.25) is 17.6 Å². The zero-order chi connectivity index (χ0) is 17.8. The van der Waals surface area contributed by atoms with Gasteiger partial charge >= 0.3 is 0 Å². The molecule has 6 heteroatoms. The van der Waals surface area contributed by atoms with Crippen molar-refractivity contribution in [1.29, 1.82) is 0 Å². The fraction of sp³-hybridized carbons (Fsp3) is 0.526. The van der Waals surface area contributed by atoms with E-state index in [2.05, 4.69) is 24.0 Å². The van der Waals surface area contributed by atoms with Crippen LogP contribution in [0.25, 0.3) is 11.4 Å². The van der Waals surface area contributed by atoms with Crippen LogP contribution in [0, 0.1) is 11.7 Å². The number of rotatable bonds is 5. The fourth-order valence-electron chi connectivity index (χ4n) is 3.39. The Morgan fingerprint density at radius 3 is 2.72 bits per heavy atom. The molecule has 2 aromatic rings. The third-order valence-electron chi connectivity index (χ3n) is 4.96. The van der Waals surface area contributed by atoms with E-state index < -0.39 is 0 Å². The molecule has 25 heavy (non-hydrogen) atoms. The molecule has 1 aliphatic heterocycles. The minimum Gasteiger partial charge on any atom is -0.342 e. The summed E-state index contributed by atoms with van der Waals surface area (Å²) in [6, 6.07) is 6.02. The van der Waals surface area contributed by atoms with Gasteiger partial charge in [0.1, 0.15) is 5.82 Å². The van der Waals surface area contributed by atoms with E-state index in [1.165, 1.54) is 12.1 Å². The van der Waals surface area contributed by atoms with Crippen LogP contribution in [0.1, 0.15) is 51.3 Å². The number of aromatic nitrogens is 2. The first-order chi connectivity index (χ1) is 12.1. The first-order valence-electron chi connectivity index (χ1n) is 9.00. The van der Waals surface area contributed by atoms with Gasteiger partial charge in [0.05, 0.1) is 5.92 Å². The Balaban J connectivity index is 1.72. The predicted molar refractivity (Wildman–Crippen MR) is 92.3 cm³/mol. The fourth-order valence-corrected chi connectivity index (χ4v) is 3.39. The lowest BCUT2D eigenvalue weighted by Crippen LogP contribution is -2.42. The van der Waals surface area contributed by atoms with Crippen LogP contribution in [0.3, 0.4) is 0 Å². The van der Waals surface area contributed by atoms with E-state index in [0.717, 1.165) is 37.8 Å². The normalized spacial score (nSPS) is 17.9. The van der Waals surface area contributed by atoms with Crippen molar-refractivity contribution in [2.75, 3.05) is 13.1 Å². The van der Waals surface area contributed by atoms with Crippen LogP contribution in [-0.4, -0.2) is 34.0 Å². The summed E-state index contributed by atoms with van der Waals surface area (Å²) < 4.78 is 18.5. The molecule has 0 saturated carbocycles. The first-order valence-corrected chi connectivity index (χ1v) is 9.00. The molecule has 0 radical (unpaired) electrons. The van der Waals surface area contributed by atoms with Crippen LogP contribution in [0.15, 0.2) is 28.8 Å². The molecule has 1 aliphatic rings. The molecule has 0 spiro atoms. The number of hydrogen-bond acceptors (Lipinski definition) is 4. The van der Waals surface area contributed by atoms with Crippen LogP contribution >= 0.6 is 0 Å². The van der Waals surface area contributed by atoms with Gasteiger partial charge in [0, 0.05) is 24.6 Å². The number of carbonyl (C=O) groups excluding carboxylic acids is 1. The van der Waals surface area contributed by atoms with E-state index in [1.54, 1.807) is 12.1 Å². The van der Waals surface area contributed by atoms with E-state index in [9.17, 15) is 9.18 Å². The summed E-state index contributed by atoms with van der Waals surface area (Å²) in [6.45, 7) is 5.53. The van der Waals surface area contributed by atoms with E-state index in [1.807, 2.05) is 4.90 Å². The molecule has 3 rings (SSSR count). The van der Waals surface area contributed by atoms with Gasteiger partial charge in [-0.15, -0.1) is 0 Å². The smallest absolute Gasteiger partial charge is 0.231 e. The summed E-state index contributed by atoms with van der Waals surface area (Å²) in [4.78, 5) is 19.0. The van der Waals surface area contributed by atoms with E-state index in [4.69, 9.17) is 4.52 Å². The van der Waals surface area contributed by atoms with Crippen molar-refractivity contribution in [3.63, 3.8) is 0 Å². The molecule has 1 aromatic heterocycles. The number of carbonyl (C=O) groups is 1. The Hall–Kier alpha value is -2.24. The Morgan fingerprint density at radius 2 is 2.04 bits per heavy atom. The SMILES string of the molecule is CCC(CC)C(=O)N1CCC[C@@H](c2nc(-c3ccc(F)cc3)no2)C1. The molecule has 0 unspecified atom stereocenters. The molecule has 0 aliphatic carbocycles. The van der Waals surface area contributed by atoms with Crippen molar-refractivity contribution in [1.82, 2.24) is 15.0 Å². The number of amides is 1. The molecular weight excluding hydrogens is 321 g/mol. The van der Waals surface area contributed by atoms with Crippen LogP contribution < -0.4 is 0 Å². The topological polar surface area (TPSA) is 59.2 Å². The second kappa shape index (κ2) is 7.76. The Morgan fingerprint density at radius 1 is 1.32 bits per heavy atom. The largest absolute Gasteiger partial charge is 0.342 e. The van der Waals surface area contributed by atoms with Gasteiger partial charge in [-0.25, -0.2) is 4.39 Å². The van der Waals surface area contributed by atoms with Crippen molar-refractivity contribution >= 4 is 5.91 Å². The molecule has 2 heterocycles. The summed E-state index contributed by atoms with van der Waals surface area (Å²) >= 11 is 0. The van der Waals surface area contributed by atoms with Gasteiger partial charge in [-0.05, 0) is 49.9 Å². The molecule has 1 saturated heterocycles. The quantitative estimate of drug-likeness (QED) is 0.821. The molecule has 1 fully saturated rings. The Labute approximate surface area is 147 Å². The maximum atomic E-state index is 13.0. The lowest BCUT2D eigenvalue weighted by molar-refractivity contribution is -0.137. The predicted octanol–water partition coefficient (Wildman–Crippen LogP) is 4.02. The molecule has 1 aromatic carbocycles. The number of halogens is 1. The summed E-state index contributed by atoms with van der Waals surface area (Å²) in [6.07, 6.45) is 3.60. The minimum absolute atomic E-state index is 0.0637. The third kappa shape index (κ3) is 3.89. The molecular formula is C19H24FN3O2. The third-order valence-corrected chi connectivity index (χ3v) is 4.96. The van der Waals surface area contributed by atoms with E-state index in [0.29, 0.717) is 18.3 Å². The Kier molecular flexibility index (Phi) is 5.46. The number of nitrogens with zero attached hydrogens (tertiary/aromatic N) is 3. The monoisotopic (exact) mass is 345 g/mol. The Bertz CT molecular complexity index is 710. The maximum absolute atomic E-state index is 13.0.